The van der Waals surface area contributed by atoms with Crippen LogP contribution in [0, 0.1) is 19.8 Å². The summed E-state index contributed by atoms with van der Waals surface area (Å²) >= 11 is 1.12. The van der Waals surface area contributed by atoms with E-state index in [0.717, 1.165) is 11.3 Å². The number of anilines is 1. The van der Waals surface area contributed by atoms with E-state index in [1.165, 1.54) is 43.4 Å². The molecule has 41 heavy (non-hydrogen) atoms. The maximum Gasteiger partial charge on any atom is 0.267 e. The molecule has 3 heterocycles. The predicted octanol–water partition coefficient (Wildman–Crippen LogP) is 2.62. The number of hydrogen-bond donors (Lipinski definition) is 2. The summed E-state index contributed by atoms with van der Waals surface area (Å²) in [6, 6.07) is 7.29. The summed E-state index contributed by atoms with van der Waals surface area (Å²) in [6.07, 6.45) is -0.791. The average Bonchev–Trinajstić information content (AvgIpc) is 3.57. The lowest BCUT2D eigenvalue weighted by Crippen LogP contribution is -2.48. The van der Waals surface area contributed by atoms with Gasteiger partial charge >= 0.3 is 0 Å². The molecule has 2 aromatic heterocycles. The van der Waals surface area contributed by atoms with Crippen molar-refractivity contribution in [1.82, 2.24) is 14.4 Å². The maximum atomic E-state index is 13.4. The molecule has 0 saturated carbocycles. The van der Waals surface area contributed by atoms with Gasteiger partial charge in [-0.3, -0.25) is 9.52 Å². The molecule has 12 nitrogen and oxygen atoms in total. The molecule has 224 valence electrons. The van der Waals surface area contributed by atoms with E-state index >= 15 is 0 Å². The number of fused-ring (bicyclic) bond motifs is 1. The molecule has 4 rings (SSSR count). The molecular weight excluding hydrogens is 593 g/mol. The second-order valence-corrected chi connectivity index (χ2v) is 15.0. The number of carbonyl (C=O) groups is 1. The van der Waals surface area contributed by atoms with Gasteiger partial charge in [-0.25, -0.2) is 16.8 Å². The Kier molecular flexibility index (Phi) is 9.13. The van der Waals surface area contributed by atoms with Gasteiger partial charge in [-0.1, -0.05) is 18.1 Å². The number of aliphatic hydroxyl groups excluding tert-OH is 1. The first-order valence-electron chi connectivity index (χ1n) is 12.9. The van der Waals surface area contributed by atoms with Crippen LogP contribution in [0.3, 0.4) is 0 Å². The molecule has 0 fully saturated rings. The summed E-state index contributed by atoms with van der Waals surface area (Å²) in [5.74, 6) is -0.133. The Bertz CT molecular complexity index is 1580. The van der Waals surface area contributed by atoms with Gasteiger partial charge in [0.1, 0.15) is 21.8 Å². The standard InChI is InChI=1S/C26H34N4O8S3/c1-16-13-30(17(2)15-31)24(32)12-20-11-21(28-40(33,34)26-18(3)27-38-19(26)4)8-9-22(20)37-23(16)14-29(5)41(35,36)25-7-6-10-39-25/h6-11,16-17,23,28,31H,12-15H2,1-5H3/t16-,17+,23+/m0/s1. The third kappa shape index (κ3) is 6.59. The van der Waals surface area contributed by atoms with E-state index in [-0.39, 0.29) is 64.2 Å². The first-order chi connectivity index (χ1) is 19.2. The number of nitrogens with one attached hydrogen (secondary N) is 1. The number of aliphatic hydroxyl groups is 1. The summed E-state index contributed by atoms with van der Waals surface area (Å²) in [5.41, 5.74) is 0.818. The number of aryl methyl sites for hydroxylation is 2. The molecule has 0 bridgehead atoms. The fourth-order valence-corrected chi connectivity index (χ4v) is 8.46. The van der Waals surface area contributed by atoms with Crippen LogP contribution in [-0.2, 0) is 31.3 Å². The zero-order valence-electron chi connectivity index (χ0n) is 23.4. The fraction of sp³-hybridized carbons (Fsp3) is 0.462. The van der Waals surface area contributed by atoms with Crippen LogP contribution in [0.25, 0.3) is 0 Å². The lowest BCUT2D eigenvalue weighted by Gasteiger charge is -2.33. The molecule has 0 aliphatic carbocycles. The van der Waals surface area contributed by atoms with E-state index in [4.69, 9.17) is 9.26 Å². The highest BCUT2D eigenvalue weighted by molar-refractivity contribution is 7.92. The minimum absolute atomic E-state index is 0.00317. The maximum absolute atomic E-state index is 13.4. The van der Waals surface area contributed by atoms with Gasteiger partial charge in [-0.05, 0) is 50.4 Å². The molecule has 3 aromatic rings. The number of hydrogen-bond acceptors (Lipinski definition) is 10. The van der Waals surface area contributed by atoms with Crippen molar-refractivity contribution in [2.45, 2.75) is 55.4 Å². The number of rotatable bonds is 9. The molecule has 1 aromatic carbocycles. The normalized spacial score (nSPS) is 19.2. The zero-order valence-corrected chi connectivity index (χ0v) is 25.8. The van der Waals surface area contributed by atoms with Gasteiger partial charge in [-0.2, -0.15) is 4.31 Å². The molecule has 3 atom stereocenters. The molecule has 15 heteroatoms. The number of ether oxygens (including phenoxy) is 1. The van der Waals surface area contributed by atoms with Crippen LogP contribution in [0.2, 0.25) is 0 Å². The Morgan fingerprint density at radius 2 is 1.98 bits per heavy atom. The van der Waals surface area contributed by atoms with Gasteiger partial charge in [0.25, 0.3) is 20.0 Å². The Balaban J connectivity index is 1.70. The third-order valence-electron chi connectivity index (χ3n) is 7.00. The van der Waals surface area contributed by atoms with Crippen molar-refractivity contribution in [3.8, 4) is 5.75 Å². The molecule has 2 N–H and O–H groups in total. The molecule has 0 radical (unpaired) electrons. The van der Waals surface area contributed by atoms with Crippen LogP contribution in [-0.4, -0.2) is 81.1 Å². The van der Waals surface area contributed by atoms with E-state index in [0.29, 0.717) is 11.3 Å². The molecule has 0 saturated heterocycles. The highest BCUT2D eigenvalue weighted by Crippen LogP contribution is 2.31. The number of aromatic nitrogens is 1. The molecular formula is C26H34N4O8S3. The Morgan fingerprint density at radius 1 is 1.24 bits per heavy atom. The van der Waals surface area contributed by atoms with E-state index < -0.39 is 32.2 Å². The van der Waals surface area contributed by atoms with Crippen LogP contribution >= 0.6 is 11.3 Å². The Morgan fingerprint density at radius 3 is 2.59 bits per heavy atom. The monoisotopic (exact) mass is 626 g/mol. The highest BCUT2D eigenvalue weighted by atomic mass is 32.2. The van der Waals surface area contributed by atoms with Crippen molar-refractivity contribution in [2.24, 2.45) is 5.92 Å². The average molecular weight is 627 g/mol. The Hall–Kier alpha value is -2.98. The molecule has 0 unspecified atom stereocenters. The number of likely N-dealkylation sites (N-methyl/N-ethyl adjacent to an activating group) is 1. The minimum Gasteiger partial charge on any atom is -0.488 e. The molecule has 0 spiro atoms. The molecule has 1 aliphatic rings. The van der Waals surface area contributed by atoms with Crippen molar-refractivity contribution in [2.75, 3.05) is 31.5 Å². The second kappa shape index (κ2) is 12.1. The van der Waals surface area contributed by atoms with Crippen molar-refractivity contribution in [3.63, 3.8) is 0 Å². The van der Waals surface area contributed by atoms with Crippen molar-refractivity contribution in [3.05, 3.63) is 52.7 Å². The summed E-state index contributed by atoms with van der Waals surface area (Å²) in [4.78, 5) is 14.9. The summed E-state index contributed by atoms with van der Waals surface area (Å²) in [5, 5.41) is 15.2. The van der Waals surface area contributed by atoms with E-state index in [1.54, 1.807) is 29.3 Å². The van der Waals surface area contributed by atoms with Gasteiger partial charge in [-0.15, -0.1) is 11.3 Å². The predicted molar refractivity (Wildman–Crippen MR) is 153 cm³/mol. The van der Waals surface area contributed by atoms with Gasteiger partial charge in [0.15, 0.2) is 10.7 Å². The Labute approximate surface area is 244 Å². The first-order valence-corrected chi connectivity index (χ1v) is 16.7. The molecule has 1 aliphatic heterocycles. The van der Waals surface area contributed by atoms with Crippen LogP contribution in [0.5, 0.6) is 5.75 Å². The van der Waals surface area contributed by atoms with Crippen LogP contribution < -0.4 is 9.46 Å². The summed E-state index contributed by atoms with van der Waals surface area (Å²) < 4.78 is 67.8. The van der Waals surface area contributed by atoms with Crippen LogP contribution in [0.4, 0.5) is 5.69 Å². The van der Waals surface area contributed by atoms with E-state index in [9.17, 15) is 26.7 Å². The number of benzene rings is 1. The minimum atomic E-state index is -4.04. The first kappa shape index (κ1) is 31.0. The zero-order chi connectivity index (χ0) is 30.1. The second-order valence-electron chi connectivity index (χ2n) is 10.2. The van der Waals surface area contributed by atoms with Crippen LogP contribution in [0.15, 0.2) is 49.3 Å². The smallest absolute Gasteiger partial charge is 0.267 e. The number of nitrogens with zero attached hydrogens (tertiary/aromatic N) is 3. The molecule has 1 amide bonds. The fourth-order valence-electron chi connectivity index (χ4n) is 4.69. The quantitative estimate of drug-likeness (QED) is 0.364. The van der Waals surface area contributed by atoms with Crippen molar-refractivity contribution >= 4 is 43.0 Å². The summed E-state index contributed by atoms with van der Waals surface area (Å²) in [7, 11) is -6.33. The number of thiophene rings is 1. The third-order valence-corrected chi connectivity index (χ3v) is 11.8. The lowest BCUT2D eigenvalue weighted by molar-refractivity contribution is -0.134. The number of amides is 1. The number of carbonyl (C=O) groups excluding carboxylic acids is 1. The van der Waals surface area contributed by atoms with Crippen molar-refractivity contribution in [1.29, 1.82) is 0 Å². The van der Waals surface area contributed by atoms with Crippen molar-refractivity contribution < 1.29 is 36.0 Å². The van der Waals surface area contributed by atoms with E-state index in [2.05, 4.69) is 9.88 Å². The van der Waals surface area contributed by atoms with Gasteiger partial charge < -0.3 is 19.3 Å². The lowest BCUT2D eigenvalue weighted by atomic mass is 10.0. The summed E-state index contributed by atoms with van der Waals surface area (Å²) in [6.45, 7) is 6.56. The number of sulfonamides is 2. The van der Waals surface area contributed by atoms with Gasteiger partial charge in [0.2, 0.25) is 5.91 Å². The van der Waals surface area contributed by atoms with Crippen LogP contribution in [0.1, 0.15) is 30.9 Å². The van der Waals surface area contributed by atoms with Gasteiger partial charge in [0.05, 0.1) is 25.6 Å². The topological polar surface area (TPSA) is 159 Å². The largest absolute Gasteiger partial charge is 0.488 e. The van der Waals surface area contributed by atoms with Gasteiger partial charge in [0, 0.05) is 30.8 Å². The SMILES string of the molecule is Cc1noc(C)c1S(=O)(=O)Nc1ccc2c(c1)CC(=O)N([C@H](C)CO)C[C@H](C)[C@@H](CN(C)S(=O)(=O)c1cccs1)O2. The van der Waals surface area contributed by atoms with E-state index in [1.807, 2.05) is 6.92 Å². The highest BCUT2D eigenvalue weighted by Gasteiger charge is 2.34.